The van der Waals surface area contributed by atoms with Gasteiger partial charge >= 0.3 is 0 Å². The Kier molecular flexibility index (Phi) is 4.53. The molecule has 0 spiro atoms. The van der Waals surface area contributed by atoms with Crippen molar-refractivity contribution in [3.63, 3.8) is 0 Å². The standard InChI is InChI=1S/C15H24N2OS/c1-12-4-11-19-15(12)14(13-2-9-18-10-3-13)17-7-5-16-6-8-17/h4,11,13-14,16H,2-3,5-10H2,1H3/t14-/m0/s1. The smallest absolute Gasteiger partial charge is 0.0475 e. The van der Waals surface area contributed by atoms with E-state index in [9.17, 15) is 0 Å². The molecule has 3 rings (SSSR count). The van der Waals surface area contributed by atoms with Gasteiger partial charge in [-0.1, -0.05) is 0 Å². The first-order chi connectivity index (χ1) is 9.36. The summed E-state index contributed by atoms with van der Waals surface area (Å²) in [7, 11) is 0. The molecule has 2 saturated heterocycles. The van der Waals surface area contributed by atoms with Crippen LogP contribution in [0.4, 0.5) is 0 Å². The third-order valence-corrected chi connectivity index (χ3v) is 5.52. The fourth-order valence-corrected chi connectivity index (χ4v) is 4.51. The first kappa shape index (κ1) is 13.6. The second-order valence-corrected chi connectivity index (χ2v) is 6.60. The predicted octanol–water partition coefficient (Wildman–Crippen LogP) is 2.43. The molecular formula is C15H24N2OS. The van der Waals surface area contributed by atoms with E-state index in [0.717, 1.165) is 32.2 Å². The second-order valence-electron chi connectivity index (χ2n) is 5.65. The van der Waals surface area contributed by atoms with E-state index in [-0.39, 0.29) is 0 Å². The van der Waals surface area contributed by atoms with Crippen LogP contribution in [0.1, 0.15) is 29.3 Å². The number of nitrogens with zero attached hydrogens (tertiary/aromatic N) is 1. The molecule has 1 atom stereocenters. The molecule has 0 amide bonds. The molecule has 3 heterocycles. The Labute approximate surface area is 119 Å². The van der Waals surface area contributed by atoms with E-state index in [1.54, 1.807) is 4.88 Å². The van der Waals surface area contributed by atoms with E-state index in [1.807, 2.05) is 11.3 Å². The summed E-state index contributed by atoms with van der Waals surface area (Å²) in [6.07, 6.45) is 2.43. The summed E-state index contributed by atoms with van der Waals surface area (Å²) in [5.74, 6) is 0.768. The zero-order valence-electron chi connectivity index (χ0n) is 11.7. The number of thiophene rings is 1. The number of nitrogens with one attached hydrogen (secondary N) is 1. The normalized spacial score (nSPS) is 24.5. The van der Waals surface area contributed by atoms with Crippen molar-refractivity contribution in [2.24, 2.45) is 5.92 Å². The molecule has 2 aliphatic rings. The maximum atomic E-state index is 5.56. The molecule has 0 aromatic carbocycles. The minimum atomic E-state index is 0.617. The molecule has 1 aromatic heterocycles. The van der Waals surface area contributed by atoms with Crippen molar-refractivity contribution in [3.05, 3.63) is 21.9 Å². The molecule has 0 bridgehead atoms. The fourth-order valence-electron chi connectivity index (χ4n) is 3.36. The Bertz CT molecular complexity index is 377. The molecule has 106 valence electrons. The fraction of sp³-hybridized carbons (Fsp3) is 0.733. The highest BCUT2D eigenvalue weighted by Gasteiger charge is 2.32. The van der Waals surface area contributed by atoms with Crippen LogP contribution in [0.5, 0.6) is 0 Å². The van der Waals surface area contributed by atoms with Gasteiger partial charge in [-0.3, -0.25) is 4.90 Å². The van der Waals surface area contributed by atoms with E-state index >= 15 is 0 Å². The summed E-state index contributed by atoms with van der Waals surface area (Å²) in [6.45, 7) is 8.77. The highest BCUT2D eigenvalue weighted by atomic mass is 32.1. The van der Waals surface area contributed by atoms with Gasteiger partial charge in [-0.05, 0) is 42.7 Å². The second kappa shape index (κ2) is 6.35. The van der Waals surface area contributed by atoms with Gasteiger partial charge in [-0.25, -0.2) is 0 Å². The monoisotopic (exact) mass is 280 g/mol. The number of ether oxygens (including phenoxy) is 1. The van der Waals surface area contributed by atoms with Crippen molar-refractivity contribution in [3.8, 4) is 0 Å². The molecule has 0 unspecified atom stereocenters. The zero-order chi connectivity index (χ0) is 13.1. The highest BCUT2D eigenvalue weighted by Crippen LogP contribution is 2.39. The number of hydrogen-bond donors (Lipinski definition) is 1. The van der Waals surface area contributed by atoms with E-state index in [2.05, 4.69) is 28.6 Å². The van der Waals surface area contributed by atoms with Gasteiger partial charge in [-0.2, -0.15) is 0 Å². The van der Waals surface area contributed by atoms with Gasteiger partial charge in [0.1, 0.15) is 0 Å². The molecule has 2 fully saturated rings. The maximum absolute atomic E-state index is 5.56. The molecule has 4 heteroatoms. The molecule has 1 N–H and O–H groups in total. The summed E-state index contributed by atoms with van der Waals surface area (Å²) in [5, 5.41) is 5.72. The van der Waals surface area contributed by atoms with Crippen LogP contribution >= 0.6 is 11.3 Å². The summed E-state index contributed by atoms with van der Waals surface area (Å²) in [5.41, 5.74) is 1.47. The van der Waals surface area contributed by atoms with Crippen LogP contribution in [-0.2, 0) is 4.74 Å². The summed E-state index contributed by atoms with van der Waals surface area (Å²) < 4.78 is 5.56. The van der Waals surface area contributed by atoms with Gasteiger partial charge in [0.2, 0.25) is 0 Å². The molecule has 0 radical (unpaired) electrons. The van der Waals surface area contributed by atoms with Gasteiger partial charge in [0.05, 0.1) is 0 Å². The molecule has 2 aliphatic heterocycles. The predicted molar refractivity (Wildman–Crippen MR) is 79.8 cm³/mol. The Morgan fingerprint density at radius 1 is 1.32 bits per heavy atom. The van der Waals surface area contributed by atoms with Crippen molar-refractivity contribution >= 4 is 11.3 Å². The van der Waals surface area contributed by atoms with Crippen molar-refractivity contribution in [1.29, 1.82) is 0 Å². The Morgan fingerprint density at radius 3 is 2.68 bits per heavy atom. The van der Waals surface area contributed by atoms with Gasteiger partial charge in [0, 0.05) is 50.3 Å². The van der Waals surface area contributed by atoms with Crippen molar-refractivity contribution in [2.45, 2.75) is 25.8 Å². The molecule has 1 aromatic rings. The number of aryl methyl sites for hydroxylation is 1. The summed E-state index contributed by atoms with van der Waals surface area (Å²) >= 11 is 1.94. The van der Waals surface area contributed by atoms with Crippen LogP contribution < -0.4 is 5.32 Å². The quantitative estimate of drug-likeness (QED) is 0.920. The highest BCUT2D eigenvalue weighted by molar-refractivity contribution is 7.10. The minimum Gasteiger partial charge on any atom is -0.381 e. The third-order valence-electron chi connectivity index (χ3n) is 4.43. The summed E-state index contributed by atoms with van der Waals surface area (Å²) in [6, 6.07) is 2.89. The summed E-state index contributed by atoms with van der Waals surface area (Å²) in [4.78, 5) is 4.29. The van der Waals surface area contributed by atoms with Crippen molar-refractivity contribution in [1.82, 2.24) is 10.2 Å². The van der Waals surface area contributed by atoms with Gasteiger partial charge in [0.15, 0.2) is 0 Å². The Hall–Kier alpha value is -0.420. The lowest BCUT2D eigenvalue weighted by Gasteiger charge is -2.40. The van der Waals surface area contributed by atoms with E-state index in [0.29, 0.717) is 6.04 Å². The Balaban J connectivity index is 1.83. The van der Waals surface area contributed by atoms with Gasteiger partial charge in [-0.15, -0.1) is 11.3 Å². The molecule has 19 heavy (non-hydrogen) atoms. The van der Waals surface area contributed by atoms with Crippen molar-refractivity contribution in [2.75, 3.05) is 39.4 Å². The first-order valence-electron chi connectivity index (χ1n) is 7.43. The third kappa shape index (κ3) is 3.02. The molecule has 0 aliphatic carbocycles. The van der Waals surface area contributed by atoms with E-state index in [4.69, 9.17) is 4.74 Å². The zero-order valence-corrected chi connectivity index (χ0v) is 12.5. The van der Waals surface area contributed by atoms with Crippen LogP contribution in [-0.4, -0.2) is 44.3 Å². The van der Waals surface area contributed by atoms with Crippen LogP contribution in [0.3, 0.4) is 0 Å². The van der Waals surface area contributed by atoms with Crippen LogP contribution in [0.2, 0.25) is 0 Å². The number of rotatable bonds is 3. The van der Waals surface area contributed by atoms with Crippen LogP contribution in [0.25, 0.3) is 0 Å². The van der Waals surface area contributed by atoms with E-state index in [1.165, 1.54) is 31.5 Å². The molecule has 0 saturated carbocycles. The van der Waals surface area contributed by atoms with Crippen LogP contribution in [0, 0.1) is 12.8 Å². The lowest BCUT2D eigenvalue weighted by atomic mass is 9.88. The topological polar surface area (TPSA) is 24.5 Å². The molecular weight excluding hydrogens is 256 g/mol. The maximum Gasteiger partial charge on any atom is 0.0475 e. The lowest BCUT2D eigenvalue weighted by molar-refractivity contribution is 0.0222. The minimum absolute atomic E-state index is 0.617. The molecule has 3 nitrogen and oxygen atoms in total. The Morgan fingerprint density at radius 2 is 2.05 bits per heavy atom. The van der Waals surface area contributed by atoms with E-state index < -0.39 is 0 Å². The number of hydrogen-bond acceptors (Lipinski definition) is 4. The largest absolute Gasteiger partial charge is 0.381 e. The SMILES string of the molecule is Cc1ccsc1[C@H](C1CCOCC1)N1CCNCC1. The van der Waals surface area contributed by atoms with Crippen LogP contribution in [0.15, 0.2) is 11.4 Å². The average molecular weight is 280 g/mol. The van der Waals surface area contributed by atoms with Crippen molar-refractivity contribution < 1.29 is 4.74 Å². The number of piperazine rings is 1. The van der Waals surface area contributed by atoms with Gasteiger partial charge in [0.25, 0.3) is 0 Å². The average Bonchev–Trinajstić information content (AvgIpc) is 2.88. The lowest BCUT2D eigenvalue weighted by Crippen LogP contribution is -2.47. The van der Waals surface area contributed by atoms with Gasteiger partial charge < -0.3 is 10.1 Å². The first-order valence-corrected chi connectivity index (χ1v) is 8.31.